The standard InChI is InChI=1S/C16H23NO3/c18-15-10-5-4-9-14(15)17-16(19)11-6-12-20-13-7-2-1-3-8-13/h1-3,7-8,14-15,18H,4-6,9-12H2,(H,17,19)/t14-,15-/m1/s1. The monoisotopic (exact) mass is 277 g/mol. The van der Waals surface area contributed by atoms with E-state index in [1.807, 2.05) is 30.3 Å². The lowest BCUT2D eigenvalue weighted by molar-refractivity contribution is -0.123. The first-order valence-corrected chi connectivity index (χ1v) is 7.41. The van der Waals surface area contributed by atoms with Crippen LogP contribution in [0.25, 0.3) is 0 Å². The first kappa shape index (κ1) is 14.9. The van der Waals surface area contributed by atoms with E-state index in [1.54, 1.807) is 0 Å². The van der Waals surface area contributed by atoms with Gasteiger partial charge >= 0.3 is 0 Å². The fraction of sp³-hybridized carbons (Fsp3) is 0.562. The molecule has 0 heterocycles. The van der Waals surface area contributed by atoms with E-state index >= 15 is 0 Å². The molecule has 0 saturated heterocycles. The van der Waals surface area contributed by atoms with Gasteiger partial charge in [0.2, 0.25) is 5.91 Å². The molecule has 0 aromatic heterocycles. The molecule has 20 heavy (non-hydrogen) atoms. The Morgan fingerprint density at radius 2 is 2.00 bits per heavy atom. The molecule has 0 spiro atoms. The van der Waals surface area contributed by atoms with Crippen LogP contribution in [0.15, 0.2) is 30.3 Å². The van der Waals surface area contributed by atoms with Crippen LogP contribution in [0.1, 0.15) is 38.5 Å². The summed E-state index contributed by atoms with van der Waals surface area (Å²) in [6.07, 6.45) is 4.56. The number of rotatable bonds is 6. The minimum Gasteiger partial charge on any atom is -0.494 e. The maximum absolute atomic E-state index is 11.8. The highest BCUT2D eigenvalue weighted by molar-refractivity contribution is 5.76. The number of benzene rings is 1. The molecule has 4 nitrogen and oxygen atoms in total. The van der Waals surface area contributed by atoms with Crippen LogP contribution in [0.2, 0.25) is 0 Å². The number of aliphatic hydroxyl groups excluding tert-OH is 1. The summed E-state index contributed by atoms with van der Waals surface area (Å²) in [5, 5.41) is 12.7. The number of para-hydroxylation sites is 1. The van der Waals surface area contributed by atoms with Gasteiger partial charge in [-0.25, -0.2) is 0 Å². The molecule has 0 bridgehead atoms. The summed E-state index contributed by atoms with van der Waals surface area (Å²) in [7, 11) is 0. The maximum atomic E-state index is 11.8. The fourth-order valence-electron chi connectivity index (χ4n) is 2.50. The van der Waals surface area contributed by atoms with Gasteiger partial charge in [-0.15, -0.1) is 0 Å². The van der Waals surface area contributed by atoms with Crippen molar-refractivity contribution in [2.24, 2.45) is 0 Å². The molecule has 2 N–H and O–H groups in total. The van der Waals surface area contributed by atoms with Gasteiger partial charge < -0.3 is 15.2 Å². The molecule has 4 heteroatoms. The van der Waals surface area contributed by atoms with Gasteiger partial charge in [0.25, 0.3) is 0 Å². The van der Waals surface area contributed by atoms with Crippen LogP contribution in [-0.4, -0.2) is 29.8 Å². The number of amides is 1. The second kappa shape index (κ2) is 7.90. The minimum atomic E-state index is -0.381. The van der Waals surface area contributed by atoms with Crippen molar-refractivity contribution in [3.63, 3.8) is 0 Å². The van der Waals surface area contributed by atoms with E-state index in [-0.39, 0.29) is 18.1 Å². The molecule has 1 saturated carbocycles. The fourth-order valence-corrected chi connectivity index (χ4v) is 2.50. The van der Waals surface area contributed by atoms with Crippen molar-refractivity contribution in [1.82, 2.24) is 5.32 Å². The van der Waals surface area contributed by atoms with E-state index in [0.717, 1.165) is 31.4 Å². The van der Waals surface area contributed by atoms with Crippen LogP contribution >= 0.6 is 0 Å². The number of hydrogen-bond donors (Lipinski definition) is 2. The summed E-state index contributed by atoms with van der Waals surface area (Å²) in [4.78, 5) is 11.8. The summed E-state index contributed by atoms with van der Waals surface area (Å²) in [5.41, 5.74) is 0. The van der Waals surface area contributed by atoms with Crippen molar-refractivity contribution < 1.29 is 14.6 Å². The number of ether oxygens (including phenoxy) is 1. The predicted molar refractivity (Wildman–Crippen MR) is 77.6 cm³/mol. The average molecular weight is 277 g/mol. The van der Waals surface area contributed by atoms with Gasteiger partial charge in [-0.3, -0.25) is 4.79 Å². The molecule has 1 aliphatic carbocycles. The average Bonchev–Trinajstić information content (AvgIpc) is 2.47. The zero-order chi connectivity index (χ0) is 14.2. The summed E-state index contributed by atoms with van der Waals surface area (Å²) in [6.45, 7) is 0.532. The Bertz CT molecular complexity index is 407. The van der Waals surface area contributed by atoms with Gasteiger partial charge in [0.05, 0.1) is 18.8 Å². The predicted octanol–water partition coefficient (Wildman–Crippen LogP) is 2.27. The summed E-state index contributed by atoms with van der Waals surface area (Å²) >= 11 is 0. The largest absolute Gasteiger partial charge is 0.494 e. The third-order valence-electron chi connectivity index (χ3n) is 3.64. The van der Waals surface area contributed by atoms with E-state index in [4.69, 9.17) is 4.74 Å². The van der Waals surface area contributed by atoms with E-state index in [1.165, 1.54) is 0 Å². The highest BCUT2D eigenvalue weighted by Gasteiger charge is 2.23. The maximum Gasteiger partial charge on any atom is 0.220 e. The first-order valence-electron chi connectivity index (χ1n) is 7.41. The smallest absolute Gasteiger partial charge is 0.220 e. The van der Waals surface area contributed by atoms with Gasteiger partial charge in [-0.1, -0.05) is 31.0 Å². The highest BCUT2D eigenvalue weighted by atomic mass is 16.5. The Kier molecular flexibility index (Phi) is 5.87. The van der Waals surface area contributed by atoms with Crippen molar-refractivity contribution in [2.45, 2.75) is 50.7 Å². The van der Waals surface area contributed by atoms with Crippen molar-refractivity contribution in [3.05, 3.63) is 30.3 Å². The third kappa shape index (κ3) is 4.85. The normalized spacial score (nSPS) is 22.2. The minimum absolute atomic E-state index is 0.00705. The number of carbonyl (C=O) groups excluding carboxylic acids is 1. The lowest BCUT2D eigenvalue weighted by atomic mass is 9.92. The Labute approximate surface area is 120 Å². The zero-order valence-electron chi connectivity index (χ0n) is 11.8. The molecule has 1 aromatic rings. The van der Waals surface area contributed by atoms with Crippen LogP contribution in [0.5, 0.6) is 5.75 Å². The van der Waals surface area contributed by atoms with Gasteiger partial charge in [0.15, 0.2) is 0 Å². The lowest BCUT2D eigenvalue weighted by Gasteiger charge is -2.28. The van der Waals surface area contributed by atoms with Crippen molar-refractivity contribution in [2.75, 3.05) is 6.61 Å². The second-order valence-corrected chi connectivity index (χ2v) is 5.29. The van der Waals surface area contributed by atoms with Gasteiger partial charge in [0.1, 0.15) is 5.75 Å². The van der Waals surface area contributed by atoms with Crippen LogP contribution in [0, 0.1) is 0 Å². The number of carbonyl (C=O) groups is 1. The zero-order valence-corrected chi connectivity index (χ0v) is 11.8. The van der Waals surface area contributed by atoms with Gasteiger partial charge in [-0.05, 0) is 31.4 Å². The third-order valence-corrected chi connectivity index (χ3v) is 3.64. The molecule has 1 fully saturated rings. The molecule has 1 amide bonds. The van der Waals surface area contributed by atoms with Gasteiger partial charge in [0, 0.05) is 6.42 Å². The molecule has 0 unspecified atom stereocenters. The van der Waals surface area contributed by atoms with Crippen molar-refractivity contribution in [1.29, 1.82) is 0 Å². The second-order valence-electron chi connectivity index (χ2n) is 5.29. The van der Waals surface area contributed by atoms with E-state index in [2.05, 4.69) is 5.32 Å². The summed E-state index contributed by atoms with van der Waals surface area (Å²) in [5.74, 6) is 0.836. The molecule has 0 aliphatic heterocycles. The van der Waals surface area contributed by atoms with Crippen molar-refractivity contribution >= 4 is 5.91 Å². The molecule has 0 radical (unpaired) electrons. The Morgan fingerprint density at radius 3 is 2.75 bits per heavy atom. The SMILES string of the molecule is O=C(CCCOc1ccccc1)N[C@@H]1CCCC[C@H]1O. The summed E-state index contributed by atoms with van der Waals surface area (Å²) in [6, 6.07) is 9.53. The number of aliphatic hydroxyl groups is 1. The Balaban J connectivity index is 1.60. The van der Waals surface area contributed by atoms with E-state index in [0.29, 0.717) is 19.4 Å². The molecule has 1 aromatic carbocycles. The molecular weight excluding hydrogens is 254 g/mol. The number of nitrogens with one attached hydrogen (secondary N) is 1. The molecule has 2 rings (SSSR count). The van der Waals surface area contributed by atoms with Crippen LogP contribution < -0.4 is 10.1 Å². The van der Waals surface area contributed by atoms with Crippen LogP contribution in [-0.2, 0) is 4.79 Å². The quantitative estimate of drug-likeness (QED) is 0.784. The molecule has 110 valence electrons. The van der Waals surface area contributed by atoms with Crippen LogP contribution in [0.4, 0.5) is 0 Å². The van der Waals surface area contributed by atoms with Gasteiger partial charge in [-0.2, -0.15) is 0 Å². The Hall–Kier alpha value is -1.55. The summed E-state index contributed by atoms with van der Waals surface area (Å²) < 4.78 is 5.54. The van der Waals surface area contributed by atoms with E-state index < -0.39 is 0 Å². The number of hydrogen-bond acceptors (Lipinski definition) is 3. The molecular formula is C16H23NO3. The molecule has 1 aliphatic rings. The molecule has 2 atom stereocenters. The van der Waals surface area contributed by atoms with E-state index in [9.17, 15) is 9.90 Å². The highest BCUT2D eigenvalue weighted by Crippen LogP contribution is 2.18. The first-order chi connectivity index (χ1) is 9.75. The lowest BCUT2D eigenvalue weighted by Crippen LogP contribution is -2.45. The van der Waals surface area contributed by atoms with Crippen LogP contribution in [0.3, 0.4) is 0 Å². The Morgan fingerprint density at radius 1 is 1.25 bits per heavy atom. The topological polar surface area (TPSA) is 58.6 Å². The van der Waals surface area contributed by atoms with Crippen molar-refractivity contribution in [3.8, 4) is 5.75 Å².